The predicted molar refractivity (Wildman–Crippen MR) is 80.3 cm³/mol. The van der Waals surface area contributed by atoms with Gasteiger partial charge in [0.05, 0.1) is 18.6 Å². The standard InChI is InChI=1S/C14H17N3O3S/c1-3-5-12-15-16-14(21-9-13(18)19)17(12)10-6-4-7-11(8-10)20-2/h4,6-8H,3,5,9H2,1-2H3,(H,18,19). The zero-order chi connectivity index (χ0) is 15.2. The highest BCUT2D eigenvalue weighted by Crippen LogP contribution is 2.25. The summed E-state index contributed by atoms with van der Waals surface area (Å²) in [7, 11) is 1.61. The minimum Gasteiger partial charge on any atom is -0.497 e. The number of hydrogen-bond donors (Lipinski definition) is 1. The molecule has 21 heavy (non-hydrogen) atoms. The minimum atomic E-state index is -0.878. The van der Waals surface area contributed by atoms with Gasteiger partial charge in [0.1, 0.15) is 11.6 Å². The lowest BCUT2D eigenvalue weighted by molar-refractivity contribution is -0.133. The monoisotopic (exact) mass is 307 g/mol. The molecule has 1 heterocycles. The molecule has 6 nitrogen and oxygen atoms in total. The predicted octanol–water partition coefficient (Wildman–Crippen LogP) is 2.41. The van der Waals surface area contributed by atoms with E-state index in [1.807, 2.05) is 28.8 Å². The van der Waals surface area contributed by atoms with Crippen molar-refractivity contribution < 1.29 is 14.6 Å². The molecule has 1 aromatic carbocycles. The fraction of sp³-hybridized carbons (Fsp3) is 0.357. The Morgan fingerprint density at radius 1 is 1.43 bits per heavy atom. The molecule has 0 aliphatic rings. The maximum absolute atomic E-state index is 10.8. The highest BCUT2D eigenvalue weighted by Gasteiger charge is 2.15. The van der Waals surface area contributed by atoms with E-state index in [1.165, 1.54) is 0 Å². The molecule has 7 heteroatoms. The molecule has 0 spiro atoms. The van der Waals surface area contributed by atoms with Crippen LogP contribution >= 0.6 is 11.8 Å². The van der Waals surface area contributed by atoms with E-state index < -0.39 is 5.97 Å². The van der Waals surface area contributed by atoms with Crippen LogP contribution in [0.15, 0.2) is 29.4 Å². The molecule has 0 fully saturated rings. The Bertz CT molecular complexity index is 628. The average molecular weight is 307 g/mol. The molecule has 0 aliphatic heterocycles. The largest absolute Gasteiger partial charge is 0.497 e. The van der Waals surface area contributed by atoms with Gasteiger partial charge in [-0.1, -0.05) is 24.8 Å². The molecule has 1 N–H and O–H groups in total. The first kappa shape index (κ1) is 15.4. The molecule has 0 bridgehead atoms. The number of carbonyl (C=O) groups is 1. The van der Waals surface area contributed by atoms with Crippen LogP contribution in [0.1, 0.15) is 19.2 Å². The smallest absolute Gasteiger partial charge is 0.313 e. The lowest BCUT2D eigenvalue weighted by Crippen LogP contribution is -2.05. The molecule has 0 unspecified atom stereocenters. The van der Waals surface area contributed by atoms with Crippen LogP contribution in [0.25, 0.3) is 5.69 Å². The fourth-order valence-corrected chi connectivity index (χ4v) is 2.61. The first-order chi connectivity index (χ1) is 10.2. The van der Waals surface area contributed by atoms with Crippen LogP contribution in [0.3, 0.4) is 0 Å². The van der Waals surface area contributed by atoms with E-state index in [1.54, 1.807) is 7.11 Å². The van der Waals surface area contributed by atoms with Gasteiger partial charge in [0, 0.05) is 12.5 Å². The van der Waals surface area contributed by atoms with Gasteiger partial charge in [0.2, 0.25) is 0 Å². The average Bonchev–Trinajstić information content (AvgIpc) is 2.88. The second-order valence-corrected chi connectivity index (χ2v) is 5.31. The number of thioether (sulfide) groups is 1. The van der Waals surface area contributed by atoms with Gasteiger partial charge in [-0.2, -0.15) is 0 Å². The van der Waals surface area contributed by atoms with Crippen molar-refractivity contribution >= 4 is 17.7 Å². The van der Waals surface area contributed by atoms with Crippen molar-refractivity contribution in [3.8, 4) is 11.4 Å². The fourth-order valence-electron chi connectivity index (χ4n) is 1.91. The number of carboxylic acids is 1. The van der Waals surface area contributed by atoms with Crippen LogP contribution in [0.5, 0.6) is 5.75 Å². The summed E-state index contributed by atoms with van der Waals surface area (Å²) in [4.78, 5) is 10.8. The quantitative estimate of drug-likeness (QED) is 0.792. The number of aryl methyl sites for hydroxylation is 1. The zero-order valence-electron chi connectivity index (χ0n) is 11.9. The van der Waals surface area contributed by atoms with Gasteiger partial charge in [-0.25, -0.2) is 0 Å². The van der Waals surface area contributed by atoms with Gasteiger partial charge in [-0.3, -0.25) is 9.36 Å². The van der Waals surface area contributed by atoms with E-state index in [9.17, 15) is 4.79 Å². The summed E-state index contributed by atoms with van der Waals surface area (Å²) in [6.45, 7) is 2.06. The Balaban J connectivity index is 2.41. The molecular weight excluding hydrogens is 290 g/mol. The third-order valence-corrected chi connectivity index (χ3v) is 3.72. The second kappa shape index (κ2) is 7.12. The highest BCUT2D eigenvalue weighted by atomic mass is 32.2. The Kier molecular flexibility index (Phi) is 5.21. The van der Waals surface area contributed by atoms with Crippen molar-refractivity contribution in [2.45, 2.75) is 24.9 Å². The maximum Gasteiger partial charge on any atom is 0.313 e. The van der Waals surface area contributed by atoms with Gasteiger partial charge in [0.25, 0.3) is 0 Å². The number of methoxy groups -OCH3 is 1. The van der Waals surface area contributed by atoms with Crippen LogP contribution < -0.4 is 4.74 Å². The van der Waals surface area contributed by atoms with Gasteiger partial charge >= 0.3 is 5.97 Å². The van der Waals surface area contributed by atoms with E-state index in [0.717, 1.165) is 41.9 Å². The summed E-state index contributed by atoms with van der Waals surface area (Å²) in [5, 5.41) is 17.7. The number of ether oxygens (including phenoxy) is 1. The van der Waals surface area contributed by atoms with E-state index in [2.05, 4.69) is 17.1 Å². The van der Waals surface area contributed by atoms with Crippen LogP contribution in [-0.2, 0) is 11.2 Å². The number of aromatic nitrogens is 3. The van der Waals surface area contributed by atoms with E-state index in [-0.39, 0.29) is 5.75 Å². The van der Waals surface area contributed by atoms with Crippen LogP contribution in [0.2, 0.25) is 0 Å². The SMILES string of the molecule is CCCc1nnc(SCC(=O)O)n1-c1cccc(OC)c1. The maximum atomic E-state index is 10.8. The molecule has 2 rings (SSSR count). The molecular formula is C14H17N3O3S. The van der Waals surface area contributed by atoms with E-state index in [4.69, 9.17) is 9.84 Å². The third-order valence-electron chi connectivity index (χ3n) is 2.81. The number of benzene rings is 1. The third kappa shape index (κ3) is 3.75. The van der Waals surface area contributed by atoms with Crippen molar-refractivity contribution in [2.75, 3.05) is 12.9 Å². The van der Waals surface area contributed by atoms with Gasteiger partial charge in [0.15, 0.2) is 5.16 Å². The molecule has 0 radical (unpaired) electrons. The second-order valence-electron chi connectivity index (χ2n) is 4.37. The summed E-state index contributed by atoms with van der Waals surface area (Å²) in [5.41, 5.74) is 0.871. The lowest BCUT2D eigenvalue weighted by Gasteiger charge is -2.10. The normalized spacial score (nSPS) is 10.6. The molecule has 112 valence electrons. The lowest BCUT2D eigenvalue weighted by atomic mass is 10.2. The molecule has 0 saturated heterocycles. The summed E-state index contributed by atoms with van der Waals surface area (Å²) < 4.78 is 7.12. The number of hydrogen-bond acceptors (Lipinski definition) is 5. The van der Waals surface area contributed by atoms with Gasteiger partial charge in [-0.05, 0) is 18.6 Å². The molecule has 0 amide bonds. The Morgan fingerprint density at radius 3 is 2.90 bits per heavy atom. The van der Waals surface area contributed by atoms with E-state index in [0.29, 0.717) is 5.16 Å². The minimum absolute atomic E-state index is 0.0474. The van der Waals surface area contributed by atoms with Crippen molar-refractivity contribution in [3.63, 3.8) is 0 Å². The van der Waals surface area contributed by atoms with Crippen molar-refractivity contribution in [1.29, 1.82) is 0 Å². The summed E-state index contributed by atoms with van der Waals surface area (Å²) >= 11 is 1.16. The van der Waals surface area contributed by atoms with Gasteiger partial charge < -0.3 is 9.84 Å². The number of rotatable bonds is 7. The summed E-state index contributed by atoms with van der Waals surface area (Å²) in [6.07, 6.45) is 1.71. The van der Waals surface area contributed by atoms with Crippen LogP contribution in [0.4, 0.5) is 0 Å². The molecule has 0 aliphatic carbocycles. The number of carboxylic acid groups (broad SMARTS) is 1. The Labute approximate surface area is 127 Å². The zero-order valence-corrected chi connectivity index (χ0v) is 12.8. The van der Waals surface area contributed by atoms with Gasteiger partial charge in [-0.15, -0.1) is 10.2 Å². The van der Waals surface area contributed by atoms with Crippen LogP contribution in [0, 0.1) is 0 Å². The molecule has 2 aromatic rings. The topological polar surface area (TPSA) is 77.2 Å². The van der Waals surface area contributed by atoms with Crippen molar-refractivity contribution in [1.82, 2.24) is 14.8 Å². The van der Waals surface area contributed by atoms with Crippen molar-refractivity contribution in [3.05, 3.63) is 30.1 Å². The number of aliphatic carboxylic acids is 1. The van der Waals surface area contributed by atoms with Crippen molar-refractivity contribution in [2.24, 2.45) is 0 Å². The Hall–Kier alpha value is -2.02. The van der Waals surface area contributed by atoms with E-state index >= 15 is 0 Å². The molecule has 0 saturated carbocycles. The first-order valence-corrected chi connectivity index (χ1v) is 7.57. The molecule has 0 atom stereocenters. The summed E-state index contributed by atoms with van der Waals surface area (Å²) in [6, 6.07) is 7.55. The first-order valence-electron chi connectivity index (χ1n) is 6.59. The molecule has 1 aromatic heterocycles. The highest BCUT2D eigenvalue weighted by molar-refractivity contribution is 7.99. The number of nitrogens with zero attached hydrogens (tertiary/aromatic N) is 3. The Morgan fingerprint density at radius 2 is 2.24 bits per heavy atom. The summed E-state index contributed by atoms with van der Waals surface area (Å²) in [5.74, 6) is 0.627. The van der Waals surface area contributed by atoms with Crippen LogP contribution in [-0.4, -0.2) is 38.7 Å².